The molecule has 0 saturated heterocycles. The van der Waals surface area contributed by atoms with Gasteiger partial charge in [0.25, 0.3) is 0 Å². The number of aromatic nitrogens is 2. The molecular formula is C45H25N5. The van der Waals surface area contributed by atoms with E-state index in [9.17, 15) is 5.26 Å². The van der Waals surface area contributed by atoms with Crippen molar-refractivity contribution in [1.29, 1.82) is 5.26 Å². The van der Waals surface area contributed by atoms with Gasteiger partial charge in [0.2, 0.25) is 0 Å². The fourth-order valence-electron chi connectivity index (χ4n) is 7.38. The maximum Gasteiger partial charge on any atom is 0.188 e. The predicted molar refractivity (Wildman–Crippen MR) is 203 cm³/mol. The minimum Gasteiger partial charge on any atom is -0.309 e. The van der Waals surface area contributed by atoms with Gasteiger partial charge < -0.3 is 9.13 Å². The Morgan fingerprint density at radius 3 is 1.72 bits per heavy atom. The molecule has 0 atom stereocenters. The zero-order valence-corrected chi connectivity index (χ0v) is 26.7. The van der Waals surface area contributed by atoms with E-state index in [0.717, 1.165) is 77.2 Å². The normalized spacial score (nSPS) is 11.1. The molecule has 0 amide bonds. The topological polar surface area (TPSA) is 42.4 Å². The molecule has 0 spiro atoms. The van der Waals surface area contributed by atoms with Crippen LogP contribution < -0.4 is 0 Å². The quantitative estimate of drug-likeness (QED) is 0.177. The van der Waals surface area contributed by atoms with Gasteiger partial charge in [-0.1, -0.05) is 91.0 Å². The molecule has 0 radical (unpaired) electrons. The molecule has 0 aliphatic rings. The SMILES string of the molecule is [C-]#[N+]c1ccc2c(c1)c1ccccc1n2-c1cccc(-c2ccc(-c3ccccc3-n3c4ccccc4c4cc([N+]#[C-])ccc43)cc2C#N)c1. The van der Waals surface area contributed by atoms with Crippen molar-refractivity contribution in [2.24, 2.45) is 0 Å². The predicted octanol–water partition coefficient (Wildman–Crippen LogP) is 12.2. The number of nitriles is 1. The molecule has 230 valence electrons. The second-order valence-electron chi connectivity index (χ2n) is 12.3. The summed E-state index contributed by atoms with van der Waals surface area (Å²) in [6.07, 6.45) is 0. The highest BCUT2D eigenvalue weighted by Gasteiger charge is 2.18. The molecule has 9 aromatic rings. The van der Waals surface area contributed by atoms with Crippen molar-refractivity contribution in [3.63, 3.8) is 0 Å². The first-order valence-electron chi connectivity index (χ1n) is 16.2. The van der Waals surface area contributed by atoms with Gasteiger partial charge in [0.15, 0.2) is 11.4 Å². The van der Waals surface area contributed by atoms with Crippen molar-refractivity contribution in [2.75, 3.05) is 0 Å². The van der Waals surface area contributed by atoms with Crippen LogP contribution in [0.4, 0.5) is 11.4 Å². The number of fused-ring (bicyclic) bond motifs is 6. The van der Waals surface area contributed by atoms with Gasteiger partial charge in [-0.3, -0.25) is 0 Å². The molecule has 0 aliphatic heterocycles. The molecule has 0 fully saturated rings. The lowest BCUT2D eigenvalue weighted by Gasteiger charge is -2.15. The van der Waals surface area contributed by atoms with Crippen LogP contribution in [0.15, 0.2) is 152 Å². The molecule has 50 heavy (non-hydrogen) atoms. The van der Waals surface area contributed by atoms with Gasteiger partial charge in [0.05, 0.1) is 52.5 Å². The number of hydrogen-bond acceptors (Lipinski definition) is 1. The summed E-state index contributed by atoms with van der Waals surface area (Å²) in [4.78, 5) is 7.34. The summed E-state index contributed by atoms with van der Waals surface area (Å²) >= 11 is 0. The van der Waals surface area contributed by atoms with Crippen molar-refractivity contribution in [1.82, 2.24) is 9.13 Å². The summed E-state index contributed by atoms with van der Waals surface area (Å²) in [6, 6.07) is 53.4. The molecule has 0 N–H and O–H groups in total. The van der Waals surface area contributed by atoms with E-state index < -0.39 is 0 Å². The zero-order valence-electron chi connectivity index (χ0n) is 26.7. The van der Waals surface area contributed by atoms with Crippen LogP contribution in [-0.2, 0) is 0 Å². The van der Waals surface area contributed by atoms with E-state index in [0.29, 0.717) is 16.9 Å². The van der Waals surface area contributed by atoms with E-state index in [1.54, 1.807) is 0 Å². The minimum absolute atomic E-state index is 0.585. The highest BCUT2D eigenvalue weighted by atomic mass is 15.0. The second kappa shape index (κ2) is 11.4. The molecule has 9 rings (SSSR count). The monoisotopic (exact) mass is 635 g/mol. The summed E-state index contributed by atoms with van der Waals surface area (Å²) in [5.41, 5.74) is 11.7. The van der Waals surface area contributed by atoms with E-state index in [1.165, 1.54) is 0 Å². The van der Waals surface area contributed by atoms with Crippen LogP contribution in [0.3, 0.4) is 0 Å². The van der Waals surface area contributed by atoms with E-state index >= 15 is 0 Å². The molecule has 0 bridgehead atoms. The lowest BCUT2D eigenvalue weighted by molar-refractivity contribution is 1.18. The van der Waals surface area contributed by atoms with E-state index in [2.05, 4.69) is 79.5 Å². The van der Waals surface area contributed by atoms with Crippen LogP contribution in [0, 0.1) is 24.5 Å². The van der Waals surface area contributed by atoms with Gasteiger partial charge in [-0.2, -0.15) is 5.26 Å². The van der Waals surface area contributed by atoms with Gasteiger partial charge in [0.1, 0.15) is 0 Å². The molecule has 0 aliphatic carbocycles. The highest BCUT2D eigenvalue weighted by Crippen LogP contribution is 2.40. The average molecular weight is 636 g/mol. The summed E-state index contributed by atoms with van der Waals surface area (Å²) in [5.74, 6) is 0. The van der Waals surface area contributed by atoms with Crippen LogP contribution in [0.1, 0.15) is 5.56 Å². The largest absolute Gasteiger partial charge is 0.309 e. The molecule has 2 heterocycles. The maximum absolute atomic E-state index is 10.5. The van der Waals surface area contributed by atoms with E-state index in [-0.39, 0.29) is 0 Å². The Kier molecular flexibility index (Phi) is 6.56. The Morgan fingerprint density at radius 1 is 0.460 bits per heavy atom. The fourth-order valence-corrected chi connectivity index (χ4v) is 7.38. The fraction of sp³-hybridized carbons (Fsp3) is 0. The molecule has 5 nitrogen and oxygen atoms in total. The molecule has 5 heteroatoms. The third-order valence-electron chi connectivity index (χ3n) is 9.58. The third-order valence-corrected chi connectivity index (χ3v) is 9.58. The summed E-state index contributed by atoms with van der Waals surface area (Å²) in [7, 11) is 0. The average Bonchev–Trinajstić information content (AvgIpc) is 3.69. The number of para-hydroxylation sites is 3. The number of hydrogen-bond donors (Lipinski definition) is 0. The van der Waals surface area contributed by atoms with Gasteiger partial charge in [0, 0.05) is 22.0 Å². The van der Waals surface area contributed by atoms with Crippen molar-refractivity contribution in [3.05, 3.63) is 180 Å². The summed E-state index contributed by atoms with van der Waals surface area (Å²) in [6.45, 7) is 15.1. The van der Waals surface area contributed by atoms with Gasteiger partial charge in [-0.05, 0) is 88.1 Å². The van der Waals surface area contributed by atoms with Crippen LogP contribution in [0.25, 0.3) is 86.9 Å². The maximum atomic E-state index is 10.5. The van der Waals surface area contributed by atoms with Gasteiger partial charge in [-0.15, -0.1) is 0 Å². The molecule has 0 unspecified atom stereocenters. The first-order chi connectivity index (χ1) is 24.7. The Bertz CT molecular complexity index is 2970. The van der Waals surface area contributed by atoms with Gasteiger partial charge >= 0.3 is 0 Å². The molecule has 7 aromatic carbocycles. The zero-order chi connectivity index (χ0) is 33.8. The van der Waals surface area contributed by atoms with E-state index in [1.807, 2.05) is 97.1 Å². The lowest BCUT2D eigenvalue weighted by atomic mass is 9.94. The standard InChI is InChI=1S/C45H25N5/c1-47-32-19-22-44-39(26-32)37-13-4-7-16-42(37)49(44)34-11-9-10-29(25-34)35-21-18-30(24-31(35)28-46)36-12-3-6-15-41(36)50-43-17-8-5-14-38(43)40-27-33(48-2)20-23-45(40)50/h3-27H. The van der Waals surface area contributed by atoms with Crippen LogP contribution in [0.2, 0.25) is 0 Å². The van der Waals surface area contributed by atoms with Crippen LogP contribution in [0.5, 0.6) is 0 Å². The number of rotatable bonds is 4. The van der Waals surface area contributed by atoms with Crippen molar-refractivity contribution in [2.45, 2.75) is 0 Å². The highest BCUT2D eigenvalue weighted by molar-refractivity contribution is 6.11. The summed E-state index contributed by atoms with van der Waals surface area (Å²) < 4.78 is 4.48. The Balaban J connectivity index is 1.18. The Hall–Kier alpha value is -7.39. The number of nitrogens with zero attached hydrogens (tertiary/aromatic N) is 5. The minimum atomic E-state index is 0.585. The molecule has 2 aromatic heterocycles. The van der Waals surface area contributed by atoms with Crippen molar-refractivity contribution in [3.8, 4) is 39.7 Å². The van der Waals surface area contributed by atoms with Crippen molar-refractivity contribution >= 4 is 55.0 Å². The van der Waals surface area contributed by atoms with Crippen LogP contribution >= 0.6 is 0 Å². The third kappa shape index (κ3) is 4.38. The second-order valence-corrected chi connectivity index (χ2v) is 12.3. The smallest absolute Gasteiger partial charge is 0.188 e. The molecular weight excluding hydrogens is 611 g/mol. The van der Waals surface area contributed by atoms with Crippen molar-refractivity contribution < 1.29 is 0 Å². The Labute approximate surface area is 288 Å². The Morgan fingerprint density at radius 2 is 1.04 bits per heavy atom. The van der Waals surface area contributed by atoms with Crippen LogP contribution in [-0.4, -0.2) is 9.13 Å². The first kappa shape index (κ1) is 28.8. The number of benzene rings is 7. The first-order valence-corrected chi connectivity index (χ1v) is 16.2. The lowest BCUT2D eigenvalue weighted by Crippen LogP contribution is -1.98. The summed E-state index contributed by atoms with van der Waals surface area (Å²) in [5, 5.41) is 14.8. The molecule has 0 saturated carbocycles. The van der Waals surface area contributed by atoms with Gasteiger partial charge in [-0.25, -0.2) is 9.69 Å². The van der Waals surface area contributed by atoms with E-state index in [4.69, 9.17) is 13.1 Å².